The maximum atomic E-state index is 5.52. The van der Waals surface area contributed by atoms with E-state index in [1.165, 1.54) is 5.57 Å². The van der Waals surface area contributed by atoms with Crippen LogP contribution in [0.5, 0.6) is 0 Å². The average Bonchev–Trinajstić information content (AvgIpc) is 2.14. The van der Waals surface area contributed by atoms with E-state index in [9.17, 15) is 0 Å². The van der Waals surface area contributed by atoms with Gasteiger partial charge in [-0.25, -0.2) is 0 Å². The highest BCUT2D eigenvalue weighted by Gasteiger charge is 2.17. The van der Waals surface area contributed by atoms with E-state index in [0.29, 0.717) is 6.10 Å². The van der Waals surface area contributed by atoms with Gasteiger partial charge in [-0.15, -0.1) is 0 Å². The van der Waals surface area contributed by atoms with E-state index in [4.69, 9.17) is 4.74 Å². The van der Waals surface area contributed by atoms with Gasteiger partial charge >= 0.3 is 0 Å². The lowest BCUT2D eigenvalue weighted by atomic mass is 10.1. The van der Waals surface area contributed by atoms with Crippen LogP contribution in [0.2, 0.25) is 0 Å². The minimum Gasteiger partial charge on any atom is -0.376 e. The number of nitrogens with one attached hydrogen (secondary N) is 1. The molecular weight excluding hydrogens is 200 g/mol. The van der Waals surface area contributed by atoms with Crippen molar-refractivity contribution in [1.82, 2.24) is 10.2 Å². The molecular formula is C13H26N2O. The first kappa shape index (κ1) is 13.7. The van der Waals surface area contributed by atoms with E-state index in [1.807, 2.05) is 0 Å². The van der Waals surface area contributed by atoms with Gasteiger partial charge in [-0.3, -0.25) is 4.90 Å². The van der Waals surface area contributed by atoms with E-state index in [0.717, 1.165) is 32.8 Å². The molecule has 1 saturated heterocycles. The fourth-order valence-electron chi connectivity index (χ4n) is 1.80. The predicted molar refractivity (Wildman–Crippen MR) is 68.7 cm³/mol. The van der Waals surface area contributed by atoms with Crippen LogP contribution in [0.3, 0.4) is 0 Å². The van der Waals surface area contributed by atoms with Crippen LogP contribution in [0.25, 0.3) is 0 Å². The van der Waals surface area contributed by atoms with E-state index in [-0.39, 0.29) is 5.54 Å². The third-order valence-electron chi connectivity index (χ3n) is 2.64. The van der Waals surface area contributed by atoms with Crippen LogP contribution < -0.4 is 5.32 Å². The molecule has 3 heteroatoms. The topological polar surface area (TPSA) is 24.5 Å². The Morgan fingerprint density at radius 2 is 2.19 bits per heavy atom. The molecule has 1 aliphatic rings. The van der Waals surface area contributed by atoms with Crippen molar-refractivity contribution >= 4 is 0 Å². The van der Waals surface area contributed by atoms with Crippen LogP contribution in [0.1, 0.15) is 27.7 Å². The highest BCUT2D eigenvalue weighted by atomic mass is 16.5. The summed E-state index contributed by atoms with van der Waals surface area (Å²) in [5.74, 6) is 0. The lowest BCUT2D eigenvalue weighted by Gasteiger charge is -2.32. The fraction of sp³-hybridized carbons (Fsp3) is 0.846. The predicted octanol–water partition coefficient (Wildman–Crippen LogP) is 1.65. The summed E-state index contributed by atoms with van der Waals surface area (Å²) in [6.45, 7) is 17.6. The molecule has 0 aromatic carbocycles. The number of hydrogen-bond donors (Lipinski definition) is 1. The first-order chi connectivity index (χ1) is 7.37. The smallest absolute Gasteiger partial charge is 0.0674 e. The summed E-state index contributed by atoms with van der Waals surface area (Å²) >= 11 is 0. The molecule has 1 atom stereocenters. The molecule has 1 rings (SSSR count). The summed E-state index contributed by atoms with van der Waals surface area (Å²) in [5.41, 5.74) is 1.42. The molecule has 0 aromatic heterocycles. The van der Waals surface area contributed by atoms with Gasteiger partial charge in [0, 0.05) is 31.7 Å². The highest BCUT2D eigenvalue weighted by Crippen LogP contribution is 2.07. The average molecular weight is 226 g/mol. The number of rotatable bonds is 4. The summed E-state index contributed by atoms with van der Waals surface area (Å²) in [6.07, 6.45) is 0.358. The Morgan fingerprint density at radius 1 is 1.50 bits per heavy atom. The first-order valence-electron chi connectivity index (χ1n) is 6.12. The van der Waals surface area contributed by atoms with Crippen LogP contribution in [-0.2, 0) is 4.74 Å². The quantitative estimate of drug-likeness (QED) is 0.738. The number of ether oxygens (including phenoxy) is 1. The fourth-order valence-corrected chi connectivity index (χ4v) is 1.80. The second-order valence-electron chi connectivity index (χ2n) is 5.77. The molecule has 1 N–H and O–H groups in total. The Labute approximate surface area is 99.8 Å². The third kappa shape index (κ3) is 5.64. The van der Waals surface area contributed by atoms with Crippen molar-refractivity contribution < 1.29 is 4.74 Å². The standard InChI is InChI=1S/C13H26N2O/c1-11(8-14-13(3,4)5)9-15-6-7-16-12(2)10-15/h12,14H,1,6-10H2,2-5H3. The molecule has 16 heavy (non-hydrogen) atoms. The van der Waals surface area contributed by atoms with Crippen LogP contribution >= 0.6 is 0 Å². The second kappa shape index (κ2) is 5.80. The van der Waals surface area contributed by atoms with Gasteiger partial charge in [0.25, 0.3) is 0 Å². The second-order valence-corrected chi connectivity index (χ2v) is 5.77. The van der Waals surface area contributed by atoms with Gasteiger partial charge in [-0.2, -0.15) is 0 Å². The summed E-state index contributed by atoms with van der Waals surface area (Å²) in [6, 6.07) is 0. The minimum absolute atomic E-state index is 0.168. The molecule has 1 aliphatic heterocycles. The van der Waals surface area contributed by atoms with E-state index >= 15 is 0 Å². The van der Waals surface area contributed by atoms with Gasteiger partial charge < -0.3 is 10.1 Å². The molecule has 0 bridgehead atoms. The molecule has 0 aliphatic carbocycles. The summed E-state index contributed by atoms with van der Waals surface area (Å²) in [5, 5.41) is 3.46. The van der Waals surface area contributed by atoms with Crippen molar-refractivity contribution in [2.75, 3.05) is 32.8 Å². The summed E-state index contributed by atoms with van der Waals surface area (Å²) in [7, 11) is 0. The Bertz CT molecular complexity index is 233. The monoisotopic (exact) mass is 226 g/mol. The number of hydrogen-bond acceptors (Lipinski definition) is 3. The molecule has 1 fully saturated rings. The summed E-state index contributed by atoms with van der Waals surface area (Å²) in [4.78, 5) is 2.42. The van der Waals surface area contributed by atoms with Crippen molar-refractivity contribution in [1.29, 1.82) is 0 Å². The van der Waals surface area contributed by atoms with Crippen LogP contribution in [0.15, 0.2) is 12.2 Å². The van der Waals surface area contributed by atoms with E-state index in [1.54, 1.807) is 0 Å². The van der Waals surface area contributed by atoms with Gasteiger partial charge in [-0.05, 0) is 33.3 Å². The molecule has 0 radical (unpaired) electrons. The van der Waals surface area contributed by atoms with Crippen molar-refractivity contribution in [3.05, 3.63) is 12.2 Å². The van der Waals surface area contributed by atoms with Crippen molar-refractivity contribution in [3.8, 4) is 0 Å². The van der Waals surface area contributed by atoms with Gasteiger partial charge in [0.05, 0.1) is 12.7 Å². The molecule has 1 heterocycles. The van der Waals surface area contributed by atoms with Crippen LogP contribution in [-0.4, -0.2) is 49.3 Å². The lowest BCUT2D eigenvalue weighted by Crippen LogP contribution is -2.44. The zero-order chi connectivity index (χ0) is 12.2. The van der Waals surface area contributed by atoms with Gasteiger partial charge in [0.1, 0.15) is 0 Å². The number of morpholine rings is 1. The molecule has 0 amide bonds. The third-order valence-corrected chi connectivity index (χ3v) is 2.64. The largest absolute Gasteiger partial charge is 0.376 e. The molecule has 0 spiro atoms. The molecule has 94 valence electrons. The summed E-state index contributed by atoms with van der Waals surface area (Å²) < 4.78 is 5.52. The highest BCUT2D eigenvalue weighted by molar-refractivity contribution is 5.01. The van der Waals surface area contributed by atoms with Crippen molar-refractivity contribution in [3.63, 3.8) is 0 Å². The van der Waals surface area contributed by atoms with Gasteiger partial charge in [0.2, 0.25) is 0 Å². The number of nitrogens with zero attached hydrogens (tertiary/aromatic N) is 1. The molecule has 3 nitrogen and oxygen atoms in total. The zero-order valence-corrected chi connectivity index (χ0v) is 11.2. The van der Waals surface area contributed by atoms with Crippen molar-refractivity contribution in [2.24, 2.45) is 0 Å². The van der Waals surface area contributed by atoms with E-state index in [2.05, 4.69) is 44.5 Å². The Hall–Kier alpha value is -0.380. The van der Waals surface area contributed by atoms with Crippen molar-refractivity contribution in [2.45, 2.75) is 39.3 Å². The maximum Gasteiger partial charge on any atom is 0.0674 e. The Morgan fingerprint density at radius 3 is 2.75 bits per heavy atom. The van der Waals surface area contributed by atoms with Crippen LogP contribution in [0.4, 0.5) is 0 Å². The molecule has 1 unspecified atom stereocenters. The maximum absolute atomic E-state index is 5.52. The van der Waals surface area contributed by atoms with Crippen LogP contribution in [0, 0.1) is 0 Å². The zero-order valence-electron chi connectivity index (χ0n) is 11.2. The van der Waals surface area contributed by atoms with E-state index < -0.39 is 0 Å². The minimum atomic E-state index is 0.168. The first-order valence-corrected chi connectivity index (χ1v) is 6.12. The normalized spacial score (nSPS) is 23.4. The Kier molecular flexibility index (Phi) is 4.96. The Balaban J connectivity index is 2.23. The molecule has 0 saturated carbocycles. The van der Waals surface area contributed by atoms with Gasteiger partial charge in [0.15, 0.2) is 0 Å². The lowest BCUT2D eigenvalue weighted by molar-refractivity contribution is -0.0150. The molecule has 0 aromatic rings. The van der Waals surface area contributed by atoms with Gasteiger partial charge in [-0.1, -0.05) is 6.58 Å². The SMILES string of the molecule is C=C(CNC(C)(C)C)CN1CCOC(C)C1.